The quantitative estimate of drug-likeness (QED) is 0.183. The van der Waals surface area contributed by atoms with Gasteiger partial charge in [-0.15, -0.1) is 0 Å². The predicted octanol–water partition coefficient (Wildman–Crippen LogP) is 5.54. The van der Waals surface area contributed by atoms with Crippen molar-refractivity contribution in [2.45, 2.75) is 18.9 Å². The minimum Gasteiger partial charge on any atom is -0.494 e. The number of rotatable bonds is 9. The Hall–Kier alpha value is -4.10. The Morgan fingerprint density at radius 1 is 0.961 bits per heavy atom. The highest BCUT2D eigenvalue weighted by Gasteiger charge is 2.52. The standard InChI is InChI=1S/C36H43BrN11O2P/c1-45-19-36(20-45)21-48(22-36)24-8-12-47(13-9-24)30-15-31(50-3)29(14-25(30)23-16-41-46(2)18-23)43-35-40-17-26(37)34(44-35)42-28-7-6-27-32(39-11-10-38-27)33(28)51(4,5)49/h6-7,10-11,14-18,24H,8-9,12-13,19-22H2,1-5H3,(H2,40,42,43,44). The molecule has 3 fully saturated rings. The van der Waals surface area contributed by atoms with Crippen LogP contribution >= 0.6 is 23.1 Å². The molecule has 0 radical (unpaired) electrons. The summed E-state index contributed by atoms with van der Waals surface area (Å²) in [6.07, 6.45) is 11.2. The fraction of sp³-hybridized carbons (Fsp3) is 0.417. The molecule has 3 aromatic heterocycles. The lowest BCUT2D eigenvalue weighted by atomic mass is 9.72. The Kier molecular flexibility index (Phi) is 8.77. The van der Waals surface area contributed by atoms with Gasteiger partial charge in [0.05, 0.1) is 40.0 Å². The third-order valence-electron chi connectivity index (χ3n) is 10.3. The van der Waals surface area contributed by atoms with Crippen LogP contribution in [-0.4, -0.2) is 112 Å². The number of fused-ring (bicyclic) bond motifs is 1. The molecule has 8 rings (SSSR count). The highest BCUT2D eigenvalue weighted by atomic mass is 79.9. The second-order valence-electron chi connectivity index (χ2n) is 14.6. The highest BCUT2D eigenvalue weighted by Crippen LogP contribution is 2.45. The Balaban J connectivity index is 1.07. The first kappa shape index (κ1) is 34.0. The van der Waals surface area contributed by atoms with Gasteiger partial charge in [-0.05, 0) is 67.3 Å². The summed E-state index contributed by atoms with van der Waals surface area (Å²) in [5, 5.41) is 11.9. The maximum absolute atomic E-state index is 13.5. The monoisotopic (exact) mass is 771 g/mol. The van der Waals surface area contributed by atoms with Crippen LogP contribution in [0.5, 0.6) is 5.75 Å². The Morgan fingerprint density at radius 3 is 2.41 bits per heavy atom. The van der Waals surface area contributed by atoms with Gasteiger partial charge in [-0.25, -0.2) is 4.98 Å². The Bertz CT molecular complexity index is 2150. The molecule has 1 spiro atoms. The number of ether oxygens (including phenoxy) is 1. The van der Waals surface area contributed by atoms with Gasteiger partial charge in [0.15, 0.2) is 0 Å². The van der Waals surface area contributed by atoms with Crippen LogP contribution in [0, 0.1) is 5.41 Å². The van der Waals surface area contributed by atoms with Crippen molar-refractivity contribution in [1.82, 2.24) is 39.5 Å². The summed E-state index contributed by atoms with van der Waals surface area (Å²) in [5.41, 5.74) is 6.42. The second-order valence-corrected chi connectivity index (χ2v) is 18.6. The molecular formula is C36H43BrN11O2P. The van der Waals surface area contributed by atoms with Crippen molar-refractivity contribution in [3.8, 4) is 16.9 Å². The van der Waals surface area contributed by atoms with Gasteiger partial charge in [-0.2, -0.15) is 10.1 Å². The summed E-state index contributed by atoms with van der Waals surface area (Å²) in [4.78, 5) is 26.0. The fourth-order valence-electron chi connectivity index (χ4n) is 8.16. The van der Waals surface area contributed by atoms with Crippen LogP contribution in [0.15, 0.2) is 59.7 Å². The molecule has 5 aromatic rings. The molecule has 51 heavy (non-hydrogen) atoms. The topological polar surface area (TPSA) is 129 Å². The van der Waals surface area contributed by atoms with E-state index in [1.165, 1.54) is 26.2 Å². The number of hydrogen-bond acceptors (Lipinski definition) is 12. The SMILES string of the molecule is COc1cc(N2CCC(N3CC4(CN(C)C4)C3)CC2)c(-c2cnn(C)c2)cc1Nc1ncc(Br)c(Nc2ccc3nccnc3c2P(C)(C)=O)n1. The maximum Gasteiger partial charge on any atom is 0.229 e. The van der Waals surface area contributed by atoms with E-state index in [-0.39, 0.29) is 0 Å². The second kappa shape index (κ2) is 13.1. The molecule has 0 unspecified atom stereocenters. The van der Waals surface area contributed by atoms with E-state index in [2.05, 4.69) is 80.5 Å². The number of nitrogens with one attached hydrogen (secondary N) is 2. The summed E-state index contributed by atoms with van der Waals surface area (Å²) in [6, 6.07) is 8.59. The van der Waals surface area contributed by atoms with Crippen LogP contribution < -0.4 is 25.6 Å². The van der Waals surface area contributed by atoms with Crippen molar-refractivity contribution in [1.29, 1.82) is 0 Å². The number of aromatic nitrogens is 6. The molecule has 3 aliphatic heterocycles. The van der Waals surface area contributed by atoms with Crippen molar-refractivity contribution in [2.24, 2.45) is 12.5 Å². The first-order valence-corrected chi connectivity index (χ1v) is 20.6. The fourth-order valence-corrected chi connectivity index (χ4v) is 9.85. The average molecular weight is 773 g/mol. The maximum atomic E-state index is 13.5. The summed E-state index contributed by atoms with van der Waals surface area (Å²) in [7, 11) is 3.08. The van der Waals surface area contributed by atoms with E-state index < -0.39 is 7.14 Å². The normalized spacial score (nSPS) is 18.1. The number of methoxy groups -OCH3 is 1. The molecule has 3 saturated heterocycles. The largest absolute Gasteiger partial charge is 0.494 e. The van der Waals surface area contributed by atoms with Crippen molar-refractivity contribution in [3.05, 3.63) is 59.7 Å². The smallest absolute Gasteiger partial charge is 0.229 e. The lowest BCUT2D eigenvalue weighted by molar-refractivity contribution is -0.123. The zero-order valence-electron chi connectivity index (χ0n) is 29.6. The molecule has 0 saturated carbocycles. The molecule has 2 N–H and O–H groups in total. The summed E-state index contributed by atoms with van der Waals surface area (Å²) < 4.78 is 22.0. The molecule has 13 nitrogen and oxygen atoms in total. The van der Waals surface area contributed by atoms with Crippen LogP contribution in [0.25, 0.3) is 22.2 Å². The third kappa shape index (κ3) is 6.59. The molecule has 15 heteroatoms. The predicted molar refractivity (Wildman–Crippen MR) is 207 cm³/mol. The number of anilines is 5. The van der Waals surface area contributed by atoms with E-state index >= 15 is 0 Å². The van der Waals surface area contributed by atoms with Gasteiger partial charge in [0, 0.05) is 105 Å². The van der Waals surface area contributed by atoms with Gasteiger partial charge < -0.3 is 29.7 Å². The zero-order chi connectivity index (χ0) is 35.5. The molecule has 0 aliphatic carbocycles. The number of aryl methyl sites for hydroxylation is 1. The highest BCUT2D eigenvalue weighted by molar-refractivity contribution is 9.10. The Labute approximate surface area is 306 Å². The summed E-state index contributed by atoms with van der Waals surface area (Å²) in [6.45, 7) is 10.4. The lowest BCUT2D eigenvalue weighted by Crippen LogP contribution is -2.73. The van der Waals surface area contributed by atoms with Crippen LogP contribution in [0.3, 0.4) is 0 Å². The average Bonchev–Trinajstić information content (AvgIpc) is 3.52. The number of halogens is 1. The molecule has 0 amide bonds. The minimum atomic E-state index is -2.76. The van der Waals surface area contributed by atoms with Crippen molar-refractivity contribution in [2.75, 3.05) is 82.3 Å². The molecular weight excluding hydrogens is 729 g/mol. The van der Waals surface area contributed by atoms with Gasteiger partial charge in [0.2, 0.25) is 5.95 Å². The number of nitrogens with zero attached hydrogens (tertiary/aromatic N) is 9. The van der Waals surface area contributed by atoms with Gasteiger partial charge in [0.1, 0.15) is 24.2 Å². The van der Waals surface area contributed by atoms with E-state index in [0.29, 0.717) is 55.5 Å². The van der Waals surface area contributed by atoms with Gasteiger partial charge in [-0.3, -0.25) is 19.5 Å². The van der Waals surface area contributed by atoms with E-state index in [9.17, 15) is 4.57 Å². The molecule has 2 aromatic carbocycles. The minimum absolute atomic E-state index is 0.369. The van der Waals surface area contributed by atoms with Crippen LogP contribution in [0.2, 0.25) is 0 Å². The van der Waals surface area contributed by atoms with Crippen LogP contribution in [-0.2, 0) is 11.6 Å². The molecule has 0 bridgehead atoms. The van der Waals surface area contributed by atoms with Crippen molar-refractivity contribution in [3.63, 3.8) is 0 Å². The summed E-state index contributed by atoms with van der Waals surface area (Å²) in [5.74, 6) is 1.56. The number of hydrogen-bond donors (Lipinski definition) is 2. The first-order chi connectivity index (χ1) is 24.5. The number of benzene rings is 2. The molecule has 266 valence electrons. The van der Waals surface area contributed by atoms with Gasteiger partial charge in [-0.1, -0.05) is 0 Å². The van der Waals surface area contributed by atoms with Crippen molar-refractivity contribution < 1.29 is 9.30 Å². The van der Waals surface area contributed by atoms with Crippen LogP contribution in [0.1, 0.15) is 12.8 Å². The van der Waals surface area contributed by atoms with Gasteiger partial charge in [0.25, 0.3) is 0 Å². The number of likely N-dealkylation sites (tertiary alicyclic amines) is 2. The van der Waals surface area contributed by atoms with Crippen LogP contribution in [0.4, 0.5) is 28.8 Å². The van der Waals surface area contributed by atoms with E-state index in [0.717, 1.165) is 48.4 Å². The van der Waals surface area contributed by atoms with E-state index in [1.54, 1.807) is 39.0 Å². The molecule has 3 aliphatic rings. The zero-order valence-corrected chi connectivity index (χ0v) is 32.1. The van der Waals surface area contributed by atoms with Crippen molar-refractivity contribution >= 4 is 68.2 Å². The van der Waals surface area contributed by atoms with E-state index in [4.69, 9.17) is 9.72 Å². The first-order valence-electron chi connectivity index (χ1n) is 17.2. The molecule has 6 heterocycles. The third-order valence-corrected chi connectivity index (χ3v) is 12.4. The van der Waals surface area contributed by atoms with E-state index in [1.807, 2.05) is 36.3 Å². The molecule has 0 atom stereocenters. The number of piperidine rings is 1. The Morgan fingerprint density at radius 2 is 1.73 bits per heavy atom. The lowest BCUT2D eigenvalue weighted by Gasteiger charge is -2.62. The van der Waals surface area contributed by atoms with Gasteiger partial charge >= 0.3 is 0 Å². The summed E-state index contributed by atoms with van der Waals surface area (Å²) >= 11 is 3.60.